The minimum Gasteiger partial charge on any atom is -0.330 e. The molecule has 0 amide bonds. The van der Waals surface area contributed by atoms with Gasteiger partial charge in [0.05, 0.1) is 0 Å². The Kier molecular flexibility index (Phi) is 12.8. The Morgan fingerprint density at radius 3 is 2.13 bits per heavy atom. The fourth-order valence-electron chi connectivity index (χ4n) is 2.74. The van der Waals surface area contributed by atoms with Crippen LogP contribution in [0.25, 0.3) is 0 Å². The molecule has 0 aromatic heterocycles. The quantitative estimate of drug-likeness (QED) is 0.432. The molecule has 0 fully saturated rings. The SMILES string of the molecule is NCCCNCCCCN(CCCN)CCCc1ccccc1. The number of aryl methyl sites for hydroxylation is 1. The maximum atomic E-state index is 5.67. The molecule has 0 atom stereocenters. The summed E-state index contributed by atoms with van der Waals surface area (Å²) >= 11 is 0. The van der Waals surface area contributed by atoms with Gasteiger partial charge in [-0.1, -0.05) is 30.3 Å². The van der Waals surface area contributed by atoms with Gasteiger partial charge in [0, 0.05) is 0 Å². The fourth-order valence-corrected chi connectivity index (χ4v) is 2.74. The first-order valence-electron chi connectivity index (χ1n) is 9.24. The number of nitrogens with zero attached hydrogens (tertiary/aromatic N) is 1. The average molecular weight is 321 g/mol. The largest absolute Gasteiger partial charge is 0.330 e. The second kappa shape index (κ2) is 14.6. The van der Waals surface area contributed by atoms with Gasteiger partial charge in [-0.2, -0.15) is 0 Å². The summed E-state index contributed by atoms with van der Waals surface area (Å²) in [4.78, 5) is 2.58. The van der Waals surface area contributed by atoms with Crippen LogP contribution in [-0.4, -0.2) is 50.7 Å². The molecule has 23 heavy (non-hydrogen) atoms. The maximum Gasteiger partial charge on any atom is -0.000672 e. The first-order chi connectivity index (χ1) is 11.4. The van der Waals surface area contributed by atoms with E-state index in [1.165, 1.54) is 44.3 Å². The van der Waals surface area contributed by atoms with Crippen molar-refractivity contribution in [3.05, 3.63) is 35.9 Å². The van der Waals surface area contributed by atoms with Gasteiger partial charge >= 0.3 is 0 Å². The van der Waals surface area contributed by atoms with Crippen LogP contribution in [0.15, 0.2) is 30.3 Å². The van der Waals surface area contributed by atoms with Gasteiger partial charge in [0.15, 0.2) is 0 Å². The first-order valence-corrected chi connectivity index (χ1v) is 9.24. The van der Waals surface area contributed by atoms with Crippen LogP contribution in [0.1, 0.15) is 37.7 Å². The van der Waals surface area contributed by atoms with Crippen LogP contribution in [0.3, 0.4) is 0 Å². The predicted octanol–water partition coefficient (Wildman–Crippen LogP) is 1.99. The van der Waals surface area contributed by atoms with Crippen molar-refractivity contribution in [3.8, 4) is 0 Å². The zero-order chi connectivity index (χ0) is 16.6. The van der Waals surface area contributed by atoms with Crippen molar-refractivity contribution in [1.29, 1.82) is 0 Å². The van der Waals surface area contributed by atoms with E-state index in [9.17, 15) is 0 Å². The molecule has 1 rings (SSSR count). The lowest BCUT2D eigenvalue weighted by Gasteiger charge is -2.22. The van der Waals surface area contributed by atoms with E-state index in [1.54, 1.807) is 0 Å². The van der Waals surface area contributed by atoms with Gasteiger partial charge in [0.25, 0.3) is 0 Å². The Hall–Kier alpha value is -0.940. The van der Waals surface area contributed by atoms with E-state index < -0.39 is 0 Å². The van der Waals surface area contributed by atoms with Crippen molar-refractivity contribution < 1.29 is 0 Å². The number of hydrogen-bond acceptors (Lipinski definition) is 4. The van der Waals surface area contributed by atoms with Gasteiger partial charge in [-0.3, -0.25) is 0 Å². The Morgan fingerprint density at radius 1 is 0.739 bits per heavy atom. The summed E-state index contributed by atoms with van der Waals surface area (Å²) in [6.45, 7) is 7.21. The van der Waals surface area contributed by atoms with Gasteiger partial charge < -0.3 is 21.7 Å². The molecule has 1 aromatic rings. The van der Waals surface area contributed by atoms with Crippen LogP contribution in [-0.2, 0) is 6.42 Å². The van der Waals surface area contributed by atoms with Crippen LogP contribution in [0.4, 0.5) is 0 Å². The number of nitrogens with two attached hydrogens (primary N) is 2. The number of hydrogen-bond donors (Lipinski definition) is 3. The molecule has 0 saturated carbocycles. The molecule has 0 aliphatic rings. The molecule has 4 heteroatoms. The summed E-state index contributed by atoms with van der Waals surface area (Å²) in [5.74, 6) is 0. The molecule has 0 aliphatic heterocycles. The number of nitrogens with one attached hydrogen (secondary N) is 1. The van der Waals surface area contributed by atoms with E-state index in [-0.39, 0.29) is 0 Å². The van der Waals surface area contributed by atoms with E-state index in [4.69, 9.17) is 11.5 Å². The normalized spacial score (nSPS) is 11.3. The summed E-state index contributed by atoms with van der Waals surface area (Å²) in [6, 6.07) is 10.8. The lowest BCUT2D eigenvalue weighted by Crippen LogP contribution is -2.29. The lowest BCUT2D eigenvalue weighted by molar-refractivity contribution is 0.263. The Bertz CT molecular complexity index is 356. The van der Waals surface area contributed by atoms with Crippen molar-refractivity contribution in [1.82, 2.24) is 10.2 Å². The average Bonchev–Trinajstić information content (AvgIpc) is 2.59. The van der Waals surface area contributed by atoms with E-state index >= 15 is 0 Å². The molecule has 0 spiro atoms. The van der Waals surface area contributed by atoms with E-state index in [2.05, 4.69) is 40.5 Å². The zero-order valence-corrected chi connectivity index (χ0v) is 14.7. The molecule has 4 nitrogen and oxygen atoms in total. The second-order valence-electron chi connectivity index (χ2n) is 6.17. The highest BCUT2D eigenvalue weighted by Gasteiger charge is 2.04. The van der Waals surface area contributed by atoms with Gasteiger partial charge in [-0.05, 0) is 89.9 Å². The van der Waals surface area contributed by atoms with Crippen LogP contribution in [0, 0.1) is 0 Å². The van der Waals surface area contributed by atoms with E-state index in [1.807, 2.05) is 0 Å². The molecule has 132 valence electrons. The molecule has 0 bridgehead atoms. The predicted molar refractivity (Wildman–Crippen MR) is 101 cm³/mol. The highest BCUT2D eigenvalue weighted by Crippen LogP contribution is 2.05. The van der Waals surface area contributed by atoms with Crippen molar-refractivity contribution >= 4 is 0 Å². The molecule has 0 saturated heterocycles. The highest BCUT2D eigenvalue weighted by atomic mass is 15.1. The number of rotatable bonds is 15. The van der Waals surface area contributed by atoms with Gasteiger partial charge in [0.1, 0.15) is 0 Å². The third-order valence-electron chi connectivity index (χ3n) is 4.10. The molecule has 0 aliphatic carbocycles. The van der Waals surface area contributed by atoms with Crippen molar-refractivity contribution in [2.45, 2.75) is 38.5 Å². The Morgan fingerprint density at radius 2 is 1.39 bits per heavy atom. The van der Waals surface area contributed by atoms with Crippen LogP contribution in [0.5, 0.6) is 0 Å². The molecular weight excluding hydrogens is 284 g/mol. The molecule has 0 heterocycles. The van der Waals surface area contributed by atoms with E-state index in [0.29, 0.717) is 0 Å². The smallest absolute Gasteiger partial charge is 0.000672 e. The lowest BCUT2D eigenvalue weighted by atomic mass is 10.1. The van der Waals surface area contributed by atoms with Gasteiger partial charge in [0.2, 0.25) is 0 Å². The Balaban J connectivity index is 2.13. The van der Waals surface area contributed by atoms with Crippen LogP contribution in [0.2, 0.25) is 0 Å². The summed E-state index contributed by atoms with van der Waals surface area (Å²) < 4.78 is 0. The summed E-state index contributed by atoms with van der Waals surface area (Å²) in [5, 5.41) is 3.45. The van der Waals surface area contributed by atoms with Gasteiger partial charge in [-0.15, -0.1) is 0 Å². The number of benzene rings is 1. The first kappa shape index (κ1) is 20.1. The van der Waals surface area contributed by atoms with Crippen molar-refractivity contribution in [3.63, 3.8) is 0 Å². The summed E-state index contributed by atoms with van der Waals surface area (Å²) in [7, 11) is 0. The van der Waals surface area contributed by atoms with Crippen molar-refractivity contribution in [2.75, 3.05) is 45.8 Å². The summed E-state index contributed by atoms with van der Waals surface area (Å²) in [6.07, 6.45) is 7.06. The highest BCUT2D eigenvalue weighted by molar-refractivity contribution is 5.14. The minimum atomic E-state index is 0.779. The second-order valence-corrected chi connectivity index (χ2v) is 6.17. The van der Waals surface area contributed by atoms with Gasteiger partial charge in [-0.25, -0.2) is 0 Å². The topological polar surface area (TPSA) is 67.3 Å². The maximum absolute atomic E-state index is 5.67. The summed E-state index contributed by atoms with van der Waals surface area (Å²) in [5.41, 5.74) is 12.6. The molecule has 5 N–H and O–H groups in total. The standard InChI is InChI=1S/C19H36N4/c20-12-7-15-22-14-4-5-16-23(18-8-13-21)17-6-11-19-9-2-1-3-10-19/h1-3,9-10,22H,4-8,11-18,20-21H2. The Labute approximate surface area is 142 Å². The molecule has 0 unspecified atom stereocenters. The van der Waals surface area contributed by atoms with Crippen molar-refractivity contribution in [2.24, 2.45) is 11.5 Å². The molecule has 0 radical (unpaired) electrons. The monoisotopic (exact) mass is 320 g/mol. The van der Waals surface area contributed by atoms with Crippen LogP contribution < -0.4 is 16.8 Å². The fraction of sp³-hybridized carbons (Fsp3) is 0.684. The van der Waals surface area contributed by atoms with Crippen LogP contribution >= 0.6 is 0 Å². The number of unbranched alkanes of at least 4 members (excludes halogenated alkanes) is 1. The molecule has 1 aromatic carbocycles. The third-order valence-corrected chi connectivity index (χ3v) is 4.10. The zero-order valence-electron chi connectivity index (χ0n) is 14.7. The third kappa shape index (κ3) is 11.3. The molecular formula is C19H36N4. The van der Waals surface area contributed by atoms with E-state index in [0.717, 1.165) is 45.6 Å². The minimum absolute atomic E-state index is 0.779.